The highest BCUT2D eigenvalue weighted by molar-refractivity contribution is 6.31. The molecule has 130 valence electrons. The van der Waals surface area contributed by atoms with Gasteiger partial charge in [0, 0.05) is 35.8 Å². The minimum atomic E-state index is -0.183. The van der Waals surface area contributed by atoms with Gasteiger partial charge in [-0.3, -0.25) is 9.59 Å². The van der Waals surface area contributed by atoms with Crippen LogP contribution in [0, 0.1) is 0 Å². The summed E-state index contributed by atoms with van der Waals surface area (Å²) in [4.78, 5) is 26.6. The standard InChI is InChI=1S/C20H21ClN2O2/c21-18-7-3-2-6-17(18)14-22-19(24)15-8-10-16(11-9-15)20(25)23-12-4-1-5-13-23/h2-3,6-11H,1,4-5,12-14H2,(H,22,24). The highest BCUT2D eigenvalue weighted by Crippen LogP contribution is 2.16. The molecule has 0 radical (unpaired) electrons. The Morgan fingerprint density at radius 2 is 1.56 bits per heavy atom. The van der Waals surface area contributed by atoms with Crippen LogP contribution in [0.25, 0.3) is 0 Å². The molecule has 1 aliphatic heterocycles. The van der Waals surface area contributed by atoms with Crippen molar-refractivity contribution in [2.75, 3.05) is 13.1 Å². The lowest BCUT2D eigenvalue weighted by molar-refractivity contribution is 0.0724. The Kier molecular flexibility index (Phi) is 5.71. The summed E-state index contributed by atoms with van der Waals surface area (Å²) in [6.07, 6.45) is 3.32. The van der Waals surface area contributed by atoms with E-state index in [0.717, 1.165) is 31.5 Å². The molecule has 4 nitrogen and oxygen atoms in total. The molecule has 1 saturated heterocycles. The summed E-state index contributed by atoms with van der Waals surface area (Å²) in [5, 5.41) is 3.48. The van der Waals surface area contributed by atoms with E-state index in [4.69, 9.17) is 11.6 Å². The molecule has 0 unspecified atom stereocenters. The minimum Gasteiger partial charge on any atom is -0.348 e. The molecule has 1 aliphatic rings. The number of rotatable bonds is 4. The van der Waals surface area contributed by atoms with Crippen LogP contribution in [0.4, 0.5) is 0 Å². The van der Waals surface area contributed by atoms with Gasteiger partial charge in [0.05, 0.1) is 0 Å². The van der Waals surface area contributed by atoms with Crippen LogP contribution in [0.3, 0.4) is 0 Å². The van der Waals surface area contributed by atoms with E-state index in [1.165, 1.54) is 6.42 Å². The van der Waals surface area contributed by atoms with Crippen LogP contribution >= 0.6 is 11.6 Å². The van der Waals surface area contributed by atoms with Gasteiger partial charge in [-0.05, 0) is 55.2 Å². The van der Waals surface area contributed by atoms with Crippen LogP contribution in [0.2, 0.25) is 5.02 Å². The van der Waals surface area contributed by atoms with Crippen molar-refractivity contribution in [2.24, 2.45) is 0 Å². The number of piperidine rings is 1. The van der Waals surface area contributed by atoms with Crippen LogP contribution in [-0.2, 0) is 6.54 Å². The minimum absolute atomic E-state index is 0.0442. The Balaban J connectivity index is 1.60. The van der Waals surface area contributed by atoms with Gasteiger partial charge in [-0.25, -0.2) is 0 Å². The number of halogens is 1. The topological polar surface area (TPSA) is 49.4 Å². The van der Waals surface area contributed by atoms with Gasteiger partial charge in [0.25, 0.3) is 11.8 Å². The fraction of sp³-hybridized carbons (Fsp3) is 0.300. The van der Waals surface area contributed by atoms with Crippen molar-refractivity contribution in [1.29, 1.82) is 0 Å². The zero-order valence-corrected chi connectivity index (χ0v) is 14.8. The van der Waals surface area contributed by atoms with Gasteiger partial charge in [-0.2, -0.15) is 0 Å². The lowest BCUT2D eigenvalue weighted by Crippen LogP contribution is -2.35. The van der Waals surface area contributed by atoms with Gasteiger partial charge in [-0.1, -0.05) is 29.8 Å². The van der Waals surface area contributed by atoms with Gasteiger partial charge in [0.1, 0.15) is 0 Å². The number of amides is 2. The SMILES string of the molecule is O=C(NCc1ccccc1Cl)c1ccc(C(=O)N2CCCCC2)cc1. The summed E-state index contributed by atoms with van der Waals surface area (Å²) in [5.41, 5.74) is 2.03. The maximum atomic E-state index is 12.4. The molecule has 0 spiro atoms. The third kappa shape index (κ3) is 4.40. The maximum absolute atomic E-state index is 12.4. The molecule has 0 aliphatic carbocycles. The normalized spacial score (nSPS) is 14.2. The molecular weight excluding hydrogens is 336 g/mol. The van der Waals surface area contributed by atoms with E-state index in [9.17, 15) is 9.59 Å². The predicted molar refractivity (Wildman–Crippen MR) is 98.8 cm³/mol. The molecule has 1 N–H and O–H groups in total. The highest BCUT2D eigenvalue weighted by atomic mass is 35.5. The van der Waals surface area contributed by atoms with E-state index in [-0.39, 0.29) is 11.8 Å². The van der Waals surface area contributed by atoms with E-state index in [2.05, 4.69) is 5.32 Å². The zero-order valence-electron chi connectivity index (χ0n) is 14.0. The number of carbonyl (C=O) groups excluding carboxylic acids is 2. The van der Waals surface area contributed by atoms with Gasteiger partial charge in [-0.15, -0.1) is 0 Å². The number of likely N-dealkylation sites (tertiary alicyclic amines) is 1. The zero-order chi connectivity index (χ0) is 17.6. The lowest BCUT2D eigenvalue weighted by Gasteiger charge is -2.26. The van der Waals surface area contributed by atoms with E-state index in [1.54, 1.807) is 30.3 Å². The van der Waals surface area contributed by atoms with Crippen LogP contribution < -0.4 is 5.32 Å². The first-order valence-corrected chi connectivity index (χ1v) is 8.94. The molecule has 0 aromatic heterocycles. The van der Waals surface area contributed by atoms with Crippen LogP contribution in [-0.4, -0.2) is 29.8 Å². The second-order valence-electron chi connectivity index (χ2n) is 6.20. The lowest BCUT2D eigenvalue weighted by atomic mass is 10.1. The summed E-state index contributed by atoms with van der Waals surface area (Å²) in [6, 6.07) is 14.2. The fourth-order valence-electron chi connectivity index (χ4n) is 2.96. The number of hydrogen-bond acceptors (Lipinski definition) is 2. The number of carbonyl (C=O) groups is 2. The molecule has 2 amide bonds. The summed E-state index contributed by atoms with van der Waals surface area (Å²) in [6.45, 7) is 2.00. The Bertz CT molecular complexity index is 753. The predicted octanol–water partition coefficient (Wildman–Crippen LogP) is 3.90. The molecule has 5 heteroatoms. The maximum Gasteiger partial charge on any atom is 0.253 e. The van der Waals surface area contributed by atoms with Gasteiger partial charge in [0.2, 0.25) is 0 Å². The van der Waals surface area contributed by atoms with Gasteiger partial charge in [0.15, 0.2) is 0 Å². The van der Waals surface area contributed by atoms with Crippen molar-refractivity contribution in [3.63, 3.8) is 0 Å². The summed E-state index contributed by atoms with van der Waals surface area (Å²) >= 11 is 6.09. The van der Waals surface area contributed by atoms with Gasteiger partial charge >= 0.3 is 0 Å². The Hall–Kier alpha value is -2.33. The van der Waals surface area contributed by atoms with Crippen molar-refractivity contribution in [1.82, 2.24) is 10.2 Å². The average Bonchev–Trinajstić information content (AvgIpc) is 2.67. The third-order valence-electron chi connectivity index (χ3n) is 4.43. The Morgan fingerprint density at radius 3 is 2.24 bits per heavy atom. The highest BCUT2D eigenvalue weighted by Gasteiger charge is 2.18. The molecule has 3 rings (SSSR count). The summed E-state index contributed by atoms with van der Waals surface area (Å²) < 4.78 is 0. The first-order valence-electron chi connectivity index (χ1n) is 8.56. The molecule has 2 aromatic rings. The smallest absolute Gasteiger partial charge is 0.253 e. The average molecular weight is 357 g/mol. The summed E-state index contributed by atoms with van der Waals surface area (Å²) in [5.74, 6) is -0.139. The molecule has 0 atom stereocenters. The van der Waals surface area contributed by atoms with E-state index in [1.807, 2.05) is 23.1 Å². The second-order valence-corrected chi connectivity index (χ2v) is 6.61. The summed E-state index contributed by atoms with van der Waals surface area (Å²) in [7, 11) is 0. The second kappa shape index (κ2) is 8.17. The van der Waals surface area contributed by atoms with E-state index < -0.39 is 0 Å². The van der Waals surface area contributed by atoms with Gasteiger partial charge < -0.3 is 10.2 Å². The molecule has 2 aromatic carbocycles. The Labute approximate surface area is 152 Å². The molecule has 0 bridgehead atoms. The molecular formula is C20H21ClN2O2. The number of nitrogens with zero attached hydrogens (tertiary/aromatic N) is 1. The van der Waals surface area contributed by atoms with E-state index in [0.29, 0.717) is 22.7 Å². The Morgan fingerprint density at radius 1 is 0.920 bits per heavy atom. The van der Waals surface area contributed by atoms with Crippen molar-refractivity contribution in [3.05, 3.63) is 70.2 Å². The number of hydrogen-bond donors (Lipinski definition) is 1. The largest absolute Gasteiger partial charge is 0.348 e. The first kappa shape index (κ1) is 17.5. The number of nitrogens with one attached hydrogen (secondary N) is 1. The quantitative estimate of drug-likeness (QED) is 0.903. The van der Waals surface area contributed by atoms with Crippen LogP contribution in [0.5, 0.6) is 0 Å². The fourth-order valence-corrected chi connectivity index (χ4v) is 3.17. The molecule has 1 fully saturated rings. The van der Waals surface area contributed by atoms with Crippen molar-refractivity contribution in [3.8, 4) is 0 Å². The molecule has 0 saturated carbocycles. The monoisotopic (exact) mass is 356 g/mol. The van der Waals surface area contributed by atoms with Crippen molar-refractivity contribution < 1.29 is 9.59 Å². The molecule has 25 heavy (non-hydrogen) atoms. The third-order valence-corrected chi connectivity index (χ3v) is 4.80. The van der Waals surface area contributed by atoms with E-state index >= 15 is 0 Å². The first-order chi connectivity index (χ1) is 12.1. The van der Waals surface area contributed by atoms with Crippen molar-refractivity contribution >= 4 is 23.4 Å². The van der Waals surface area contributed by atoms with Crippen molar-refractivity contribution in [2.45, 2.75) is 25.8 Å². The van der Waals surface area contributed by atoms with Crippen LogP contribution in [0.15, 0.2) is 48.5 Å². The number of benzene rings is 2. The van der Waals surface area contributed by atoms with Crippen LogP contribution in [0.1, 0.15) is 45.5 Å². The molecule has 1 heterocycles.